The highest BCUT2D eigenvalue weighted by Crippen LogP contribution is 2.23. The largest absolute Gasteiger partial charge is 0.573 e. The first-order valence-corrected chi connectivity index (χ1v) is 6.77. The maximum absolute atomic E-state index is 12.0. The summed E-state index contributed by atoms with van der Waals surface area (Å²) in [6, 6.07) is 5.62. The molecule has 8 heteroatoms. The lowest BCUT2D eigenvalue weighted by atomic mass is 10.1. The number of hydrogen-bond donors (Lipinski definition) is 1. The zero-order chi connectivity index (χ0) is 15.3. The molecule has 1 aromatic rings. The van der Waals surface area contributed by atoms with Crippen molar-refractivity contribution >= 4 is 18.3 Å². The van der Waals surface area contributed by atoms with Crippen LogP contribution in [0.4, 0.5) is 13.2 Å². The molecule has 0 bridgehead atoms. The first kappa shape index (κ1) is 18.6. The van der Waals surface area contributed by atoms with Crippen LogP contribution in [0, 0.1) is 0 Å². The molecule has 1 aromatic carbocycles. The van der Waals surface area contributed by atoms with Gasteiger partial charge < -0.3 is 15.0 Å². The third-order valence-electron chi connectivity index (χ3n) is 3.25. The summed E-state index contributed by atoms with van der Waals surface area (Å²) in [5, 5.41) is 3.17. The minimum Gasteiger partial charge on any atom is -0.406 e. The molecule has 0 saturated carbocycles. The SMILES string of the molecule is Cl.O=C(CCc1ccc(OC(F)(F)F)cc1)N1CCNCC1. The van der Waals surface area contributed by atoms with Crippen molar-refractivity contribution in [3.8, 4) is 5.75 Å². The predicted octanol–water partition coefficient (Wildman–Crippen LogP) is 2.37. The Morgan fingerprint density at radius 2 is 1.77 bits per heavy atom. The standard InChI is InChI=1S/C14H17F3N2O2.ClH/c15-14(16,17)21-12-4-1-11(2-5-12)3-6-13(20)19-9-7-18-8-10-19;/h1-2,4-5,18H,3,6-10H2;1H. The van der Waals surface area contributed by atoms with E-state index in [1.54, 1.807) is 17.0 Å². The van der Waals surface area contributed by atoms with Gasteiger partial charge >= 0.3 is 6.36 Å². The van der Waals surface area contributed by atoms with Gasteiger partial charge in [-0.25, -0.2) is 0 Å². The van der Waals surface area contributed by atoms with Gasteiger partial charge in [0.25, 0.3) is 0 Å². The van der Waals surface area contributed by atoms with Crippen molar-refractivity contribution in [3.05, 3.63) is 29.8 Å². The fourth-order valence-electron chi connectivity index (χ4n) is 2.18. The molecule has 2 rings (SSSR count). The van der Waals surface area contributed by atoms with E-state index in [1.165, 1.54) is 12.1 Å². The molecule has 0 aromatic heterocycles. The number of alkyl halides is 3. The predicted molar refractivity (Wildman–Crippen MR) is 78.1 cm³/mol. The van der Waals surface area contributed by atoms with Gasteiger partial charge in [0.1, 0.15) is 5.75 Å². The summed E-state index contributed by atoms with van der Waals surface area (Å²) >= 11 is 0. The van der Waals surface area contributed by atoms with Crippen molar-refractivity contribution in [3.63, 3.8) is 0 Å². The van der Waals surface area contributed by atoms with Crippen molar-refractivity contribution in [1.82, 2.24) is 10.2 Å². The Hall–Kier alpha value is -1.47. The number of benzene rings is 1. The molecule has 22 heavy (non-hydrogen) atoms. The zero-order valence-electron chi connectivity index (χ0n) is 11.9. The number of ether oxygens (including phenoxy) is 1. The lowest BCUT2D eigenvalue weighted by molar-refractivity contribution is -0.274. The molecule has 0 aliphatic carbocycles. The van der Waals surface area contributed by atoms with Crippen molar-refractivity contribution in [2.75, 3.05) is 26.2 Å². The van der Waals surface area contributed by atoms with Crippen LogP contribution in [0.3, 0.4) is 0 Å². The molecule has 4 nitrogen and oxygen atoms in total. The van der Waals surface area contributed by atoms with E-state index in [1.807, 2.05) is 0 Å². The number of aryl methyl sites for hydroxylation is 1. The fraction of sp³-hybridized carbons (Fsp3) is 0.500. The molecule has 0 unspecified atom stereocenters. The van der Waals surface area contributed by atoms with Crippen LogP contribution in [0.1, 0.15) is 12.0 Å². The minimum absolute atomic E-state index is 0. The van der Waals surface area contributed by atoms with Crippen LogP contribution < -0.4 is 10.1 Å². The maximum Gasteiger partial charge on any atom is 0.573 e. The number of rotatable bonds is 4. The van der Waals surface area contributed by atoms with Crippen LogP contribution in [-0.2, 0) is 11.2 Å². The Bertz CT molecular complexity index is 474. The number of carbonyl (C=O) groups excluding carboxylic acids is 1. The molecule has 1 fully saturated rings. The van der Waals surface area contributed by atoms with Crippen molar-refractivity contribution in [2.45, 2.75) is 19.2 Å². The van der Waals surface area contributed by atoms with Crippen molar-refractivity contribution in [1.29, 1.82) is 0 Å². The molecule has 1 heterocycles. The third-order valence-corrected chi connectivity index (χ3v) is 3.25. The molecule has 1 aliphatic rings. The highest BCUT2D eigenvalue weighted by atomic mass is 35.5. The number of nitrogens with zero attached hydrogens (tertiary/aromatic N) is 1. The topological polar surface area (TPSA) is 41.6 Å². The highest BCUT2D eigenvalue weighted by molar-refractivity contribution is 5.85. The number of piperazine rings is 1. The van der Waals surface area contributed by atoms with Crippen LogP contribution in [0.25, 0.3) is 0 Å². The first-order chi connectivity index (χ1) is 9.94. The lowest BCUT2D eigenvalue weighted by Crippen LogP contribution is -2.46. The number of nitrogens with one attached hydrogen (secondary N) is 1. The summed E-state index contributed by atoms with van der Waals surface area (Å²) in [6.45, 7) is 3.01. The summed E-state index contributed by atoms with van der Waals surface area (Å²) in [5.41, 5.74) is 0.813. The van der Waals surface area contributed by atoms with Gasteiger partial charge in [-0.1, -0.05) is 12.1 Å². The smallest absolute Gasteiger partial charge is 0.406 e. The molecule has 1 saturated heterocycles. The van der Waals surface area contributed by atoms with Gasteiger partial charge in [0.05, 0.1) is 0 Å². The van der Waals surface area contributed by atoms with Crippen LogP contribution in [0.2, 0.25) is 0 Å². The summed E-state index contributed by atoms with van der Waals surface area (Å²) < 4.78 is 39.9. The van der Waals surface area contributed by atoms with E-state index in [0.717, 1.165) is 18.7 Å². The van der Waals surface area contributed by atoms with E-state index in [-0.39, 0.29) is 24.1 Å². The van der Waals surface area contributed by atoms with Crippen LogP contribution in [0.5, 0.6) is 5.75 Å². The average Bonchev–Trinajstić information content (AvgIpc) is 2.45. The average molecular weight is 339 g/mol. The number of hydrogen-bond acceptors (Lipinski definition) is 3. The second-order valence-corrected chi connectivity index (χ2v) is 4.82. The van der Waals surface area contributed by atoms with E-state index in [4.69, 9.17) is 0 Å². The second-order valence-electron chi connectivity index (χ2n) is 4.82. The molecule has 1 aliphatic heterocycles. The summed E-state index contributed by atoms with van der Waals surface area (Å²) in [4.78, 5) is 13.8. The van der Waals surface area contributed by atoms with Gasteiger partial charge in [-0.15, -0.1) is 25.6 Å². The number of amides is 1. The van der Waals surface area contributed by atoms with E-state index in [2.05, 4.69) is 10.1 Å². The van der Waals surface area contributed by atoms with Gasteiger partial charge in [-0.3, -0.25) is 4.79 Å². The quantitative estimate of drug-likeness (QED) is 0.916. The molecule has 1 amide bonds. The van der Waals surface area contributed by atoms with Gasteiger partial charge in [0.2, 0.25) is 5.91 Å². The van der Waals surface area contributed by atoms with Crippen molar-refractivity contribution < 1.29 is 22.7 Å². The fourth-order valence-corrected chi connectivity index (χ4v) is 2.18. The van der Waals surface area contributed by atoms with Gasteiger partial charge in [0, 0.05) is 32.6 Å². The number of carbonyl (C=O) groups is 1. The Balaban J connectivity index is 0.00000242. The first-order valence-electron chi connectivity index (χ1n) is 6.77. The normalized spacial score (nSPS) is 15.1. The molecule has 0 radical (unpaired) electrons. The molecule has 124 valence electrons. The Kier molecular flexibility index (Phi) is 6.96. The third kappa shape index (κ3) is 6.11. The van der Waals surface area contributed by atoms with E-state index in [9.17, 15) is 18.0 Å². The zero-order valence-corrected chi connectivity index (χ0v) is 12.7. The molecule has 0 spiro atoms. The lowest BCUT2D eigenvalue weighted by Gasteiger charge is -2.27. The minimum atomic E-state index is -4.68. The van der Waals surface area contributed by atoms with Crippen LogP contribution in [0.15, 0.2) is 24.3 Å². The van der Waals surface area contributed by atoms with E-state index < -0.39 is 6.36 Å². The molecule has 0 atom stereocenters. The molecular weight excluding hydrogens is 321 g/mol. The molecular formula is C14H18ClF3N2O2. The Morgan fingerprint density at radius 3 is 2.32 bits per heavy atom. The summed E-state index contributed by atoms with van der Waals surface area (Å²) in [6.07, 6.45) is -3.81. The second kappa shape index (κ2) is 8.24. The number of halogens is 4. The van der Waals surface area contributed by atoms with Gasteiger partial charge in [0.15, 0.2) is 0 Å². The monoisotopic (exact) mass is 338 g/mol. The van der Waals surface area contributed by atoms with Crippen LogP contribution in [-0.4, -0.2) is 43.3 Å². The summed E-state index contributed by atoms with van der Waals surface area (Å²) in [5.74, 6) is -0.174. The van der Waals surface area contributed by atoms with Gasteiger partial charge in [-0.2, -0.15) is 0 Å². The van der Waals surface area contributed by atoms with Crippen LogP contribution >= 0.6 is 12.4 Å². The summed E-state index contributed by atoms with van der Waals surface area (Å²) in [7, 11) is 0. The molecule has 1 N–H and O–H groups in total. The van der Waals surface area contributed by atoms with E-state index >= 15 is 0 Å². The Morgan fingerprint density at radius 1 is 1.18 bits per heavy atom. The van der Waals surface area contributed by atoms with E-state index in [0.29, 0.717) is 25.9 Å². The van der Waals surface area contributed by atoms with Crippen molar-refractivity contribution in [2.24, 2.45) is 0 Å². The maximum atomic E-state index is 12.0. The van der Waals surface area contributed by atoms with Gasteiger partial charge in [-0.05, 0) is 24.1 Å². The highest BCUT2D eigenvalue weighted by Gasteiger charge is 2.30. The Labute approximate surface area is 133 Å².